The highest BCUT2D eigenvalue weighted by atomic mass is 16.5. The first-order chi connectivity index (χ1) is 15.2. The van der Waals surface area contributed by atoms with E-state index in [4.69, 9.17) is 14.0 Å². The fourth-order valence-corrected chi connectivity index (χ4v) is 3.00. The van der Waals surface area contributed by atoms with Crippen molar-refractivity contribution >= 4 is 16.8 Å². The van der Waals surface area contributed by atoms with Crippen LogP contribution in [0.1, 0.15) is 28.5 Å². The summed E-state index contributed by atoms with van der Waals surface area (Å²) in [7, 11) is 0. The highest BCUT2D eigenvalue weighted by molar-refractivity contribution is 5.94. The third-order valence-electron chi connectivity index (χ3n) is 4.51. The molecule has 0 fully saturated rings. The summed E-state index contributed by atoms with van der Waals surface area (Å²) >= 11 is 0. The molecule has 158 valence electrons. The van der Waals surface area contributed by atoms with Gasteiger partial charge >= 0.3 is 0 Å². The van der Waals surface area contributed by atoms with Gasteiger partial charge in [-0.05, 0) is 42.8 Å². The average molecular weight is 418 g/mol. The number of aryl methyl sites for hydroxylation is 1. The minimum Gasteiger partial charge on any atom is -0.491 e. The van der Waals surface area contributed by atoms with Gasteiger partial charge in [0.1, 0.15) is 17.0 Å². The third-order valence-corrected chi connectivity index (χ3v) is 4.51. The maximum absolute atomic E-state index is 12.3. The Hall–Kier alpha value is -3.94. The molecule has 8 heteroatoms. The molecule has 0 aliphatic heterocycles. The number of carbonyl (C=O) groups excluding carboxylic acids is 1. The van der Waals surface area contributed by atoms with Crippen LogP contribution < -0.4 is 14.8 Å². The first kappa shape index (κ1) is 20.3. The van der Waals surface area contributed by atoms with Crippen LogP contribution in [0, 0.1) is 6.92 Å². The molecule has 0 spiro atoms. The number of fused-ring (bicyclic) bond motifs is 1. The number of rotatable bonds is 9. The van der Waals surface area contributed by atoms with Crippen molar-refractivity contribution in [2.24, 2.45) is 0 Å². The minimum atomic E-state index is -0.146. The fraction of sp³-hybridized carbons (Fsp3) is 0.217. The lowest BCUT2D eigenvalue weighted by Crippen LogP contribution is -2.25. The van der Waals surface area contributed by atoms with E-state index in [1.165, 1.54) is 0 Å². The van der Waals surface area contributed by atoms with Crippen molar-refractivity contribution < 1.29 is 18.8 Å². The summed E-state index contributed by atoms with van der Waals surface area (Å²) in [5.74, 6) is 2.19. The molecule has 1 N–H and O–H groups in total. The number of carbonyl (C=O) groups is 1. The molecule has 0 radical (unpaired) electrons. The van der Waals surface area contributed by atoms with E-state index in [2.05, 4.69) is 20.4 Å². The van der Waals surface area contributed by atoms with Crippen molar-refractivity contribution in [3.63, 3.8) is 0 Å². The molecule has 2 aromatic carbocycles. The third kappa shape index (κ3) is 5.36. The van der Waals surface area contributed by atoms with Crippen LogP contribution in [0.25, 0.3) is 10.9 Å². The number of nitrogens with one attached hydrogen (secondary N) is 1. The summed E-state index contributed by atoms with van der Waals surface area (Å²) in [6, 6.07) is 16.6. The van der Waals surface area contributed by atoms with E-state index < -0.39 is 0 Å². The van der Waals surface area contributed by atoms with Gasteiger partial charge in [-0.2, -0.15) is 4.98 Å². The topological polar surface area (TPSA) is 99.4 Å². The van der Waals surface area contributed by atoms with Gasteiger partial charge in [-0.25, -0.2) is 0 Å². The van der Waals surface area contributed by atoms with Crippen LogP contribution in [0.3, 0.4) is 0 Å². The molecule has 31 heavy (non-hydrogen) atoms. The maximum atomic E-state index is 12.3. The maximum Gasteiger partial charge on any atom is 0.251 e. The van der Waals surface area contributed by atoms with Crippen LogP contribution in [0.2, 0.25) is 0 Å². The van der Waals surface area contributed by atoms with E-state index in [9.17, 15) is 4.79 Å². The second-order valence-electron chi connectivity index (χ2n) is 6.83. The predicted octanol–water partition coefficient (Wildman–Crippen LogP) is 3.70. The zero-order valence-corrected chi connectivity index (χ0v) is 17.1. The molecular weight excluding hydrogens is 396 g/mol. The number of nitrogens with zero attached hydrogens (tertiary/aromatic N) is 3. The molecule has 1 amide bonds. The van der Waals surface area contributed by atoms with Gasteiger partial charge in [0.25, 0.3) is 5.91 Å². The van der Waals surface area contributed by atoms with E-state index >= 15 is 0 Å². The quantitative estimate of drug-likeness (QED) is 0.414. The van der Waals surface area contributed by atoms with E-state index in [0.29, 0.717) is 42.6 Å². The Kier molecular flexibility index (Phi) is 6.37. The molecule has 4 rings (SSSR count). The summed E-state index contributed by atoms with van der Waals surface area (Å²) in [4.78, 5) is 20.8. The largest absolute Gasteiger partial charge is 0.491 e. The van der Waals surface area contributed by atoms with Gasteiger partial charge in [0.05, 0.1) is 6.61 Å². The molecule has 2 aromatic heterocycles. The van der Waals surface area contributed by atoms with E-state index in [0.717, 1.165) is 16.7 Å². The Morgan fingerprint density at radius 2 is 1.90 bits per heavy atom. The van der Waals surface area contributed by atoms with Crippen molar-refractivity contribution in [1.82, 2.24) is 20.4 Å². The van der Waals surface area contributed by atoms with Crippen LogP contribution in [0.4, 0.5) is 0 Å². The zero-order chi connectivity index (χ0) is 21.5. The summed E-state index contributed by atoms with van der Waals surface area (Å²) in [5.41, 5.74) is 1.40. The Bertz CT molecular complexity index is 1150. The second kappa shape index (κ2) is 9.71. The van der Waals surface area contributed by atoms with Gasteiger partial charge in [-0.1, -0.05) is 23.4 Å². The summed E-state index contributed by atoms with van der Waals surface area (Å²) < 4.78 is 16.3. The highest BCUT2D eigenvalue weighted by Gasteiger charge is 2.07. The van der Waals surface area contributed by atoms with Crippen LogP contribution in [-0.2, 0) is 6.61 Å². The van der Waals surface area contributed by atoms with Crippen LogP contribution >= 0.6 is 0 Å². The molecule has 2 heterocycles. The monoisotopic (exact) mass is 418 g/mol. The normalized spacial score (nSPS) is 10.7. The van der Waals surface area contributed by atoms with Gasteiger partial charge in [0.2, 0.25) is 11.7 Å². The standard InChI is InChI=1S/C23H22N4O4/c1-16-26-21(27-31-16)15-30-19-10-8-18(9-11-19)23(28)25-13-4-14-29-20-7-2-5-17-6-3-12-24-22(17)20/h2-3,5-12H,4,13-15H2,1H3,(H,25,28). The van der Waals surface area contributed by atoms with Gasteiger partial charge in [0, 0.05) is 30.6 Å². The summed E-state index contributed by atoms with van der Waals surface area (Å²) in [6.07, 6.45) is 2.43. The number of hydrogen-bond acceptors (Lipinski definition) is 7. The lowest BCUT2D eigenvalue weighted by atomic mass is 10.2. The Morgan fingerprint density at radius 3 is 2.71 bits per heavy atom. The van der Waals surface area contributed by atoms with Crippen LogP contribution in [0.5, 0.6) is 11.5 Å². The fourth-order valence-electron chi connectivity index (χ4n) is 3.00. The molecule has 0 aliphatic carbocycles. The number of hydrogen-bond donors (Lipinski definition) is 1. The van der Waals surface area contributed by atoms with E-state index in [1.54, 1.807) is 37.4 Å². The molecule has 0 bridgehead atoms. The first-order valence-electron chi connectivity index (χ1n) is 9.96. The lowest BCUT2D eigenvalue weighted by molar-refractivity contribution is 0.0951. The first-order valence-corrected chi connectivity index (χ1v) is 9.96. The van der Waals surface area contributed by atoms with Gasteiger partial charge in [-0.15, -0.1) is 0 Å². The highest BCUT2D eigenvalue weighted by Crippen LogP contribution is 2.22. The second-order valence-corrected chi connectivity index (χ2v) is 6.83. The lowest BCUT2D eigenvalue weighted by Gasteiger charge is -2.09. The molecule has 4 aromatic rings. The van der Waals surface area contributed by atoms with Gasteiger partial charge < -0.3 is 19.3 Å². The summed E-state index contributed by atoms with van der Waals surface area (Å²) in [5, 5.41) is 7.70. The van der Waals surface area contributed by atoms with Crippen molar-refractivity contribution in [3.8, 4) is 11.5 Å². The smallest absolute Gasteiger partial charge is 0.251 e. The number of pyridine rings is 1. The van der Waals surface area contributed by atoms with Crippen molar-refractivity contribution in [2.75, 3.05) is 13.2 Å². The number of aromatic nitrogens is 3. The molecule has 0 saturated heterocycles. The van der Waals surface area contributed by atoms with Crippen molar-refractivity contribution in [1.29, 1.82) is 0 Å². The molecule has 0 unspecified atom stereocenters. The number of para-hydroxylation sites is 1. The summed E-state index contributed by atoms with van der Waals surface area (Å²) in [6.45, 7) is 2.91. The van der Waals surface area contributed by atoms with Crippen molar-refractivity contribution in [2.45, 2.75) is 20.0 Å². The van der Waals surface area contributed by atoms with Gasteiger partial charge in [0.15, 0.2) is 6.61 Å². The SMILES string of the molecule is Cc1nc(COc2ccc(C(=O)NCCCOc3cccc4cccnc34)cc2)no1. The van der Waals surface area contributed by atoms with Gasteiger partial charge in [-0.3, -0.25) is 9.78 Å². The molecular formula is C23H22N4O4. The number of ether oxygens (including phenoxy) is 2. The molecule has 0 saturated carbocycles. The average Bonchev–Trinajstić information content (AvgIpc) is 3.23. The minimum absolute atomic E-state index is 0.146. The predicted molar refractivity (Wildman–Crippen MR) is 114 cm³/mol. The number of benzene rings is 2. The number of amides is 1. The van der Waals surface area contributed by atoms with Crippen LogP contribution in [0.15, 0.2) is 65.3 Å². The van der Waals surface area contributed by atoms with E-state index in [-0.39, 0.29) is 12.5 Å². The van der Waals surface area contributed by atoms with E-state index in [1.807, 2.05) is 30.3 Å². The Morgan fingerprint density at radius 1 is 1.06 bits per heavy atom. The molecule has 0 atom stereocenters. The molecule has 8 nitrogen and oxygen atoms in total. The Labute approximate surface area is 179 Å². The van der Waals surface area contributed by atoms with Crippen molar-refractivity contribution in [3.05, 3.63) is 78.1 Å². The Balaban J connectivity index is 1.20. The zero-order valence-electron chi connectivity index (χ0n) is 17.1. The molecule has 0 aliphatic rings. The van der Waals surface area contributed by atoms with Crippen LogP contribution in [-0.4, -0.2) is 34.2 Å².